The van der Waals surface area contributed by atoms with Gasteiger partial charge in [-0.25, -0.2) is 0 Å². The number of nitrogens with zero attached hydrogens (tertiary/aromatic N) is 1. The molecule has 3 nitrogen and oxygen atoms in total. The van der Waals surface area contributed by atoms with Crippen molar-refractivity contribution in [3.63, 3.8) is 0 Å². The van der Waals surface area contributed by atoms with E-state index in [4.69, 9.17) is 11.2 Å². The highest BCUT2D eigenvalue weighted by molar-refractivity contribution is 4.91. The zero-order valence-corrected chi connectivity index (χ0v) is 11.5. The van der Waals surface area contributed by atoms with Crippen LogP contribution in [-0.4, -0.2) is 49.8 Å². The van der Waals surface area contributed by atoms with Crippen molar-refractivity contribution >= 4 is 0 Å². The summed E-state index contributed by atoms with van der Waals surface area (Å²) in [6.07, 6.45) is 10.2. The summed E-state index contributed by atoms with van der Waals surface area (Å²) in [6.45, 7) is 7.31. The number of ether oxygens (including phenoxy) is 1. The van der Waals surface area contributed by atoms with Crippen LogP contribution in [0.1, 0.15) is 32.6 Å². The average molecular weight is 250 g/mol. The molecule has 0 aromatic carbocycles. The van der Waals surface area contributed by atoms with Crippen LogP contribution >= 0.6 is 0 Å². The van der Waals surface area contributed by atoms with Crippen molar-refractivity contribution in [2.75, 3.05) is 32.8 Å². The van der Waals surface area contributed by atoms with E-state index in [1.165, 1.54) is 25.7 Å². The minimum atomic E-state index is 0.623. The molecule has 0 aromatic rings. The molecule has 2 saturated heterocycles. The number of nitrogens with one attached hydrogen (secondary N) is 1. The predicted octanol–water partition coefficient (Wildman–Crippen LogP) is 1.49. The van der Waals surface area contributed by atoms with Crippen LogP contribution in [0.15, 0.2) is 0 Å². The SMILES string of the molecule is C#CCN1CCC(NC(C)C2CCOCC2)CC1. The highest BCUT2D eigenvalue weighted by Crippen LogP contribution is 2.20. The lowest BCUT2D eigenvalue weighted by atomic mass is 9.91. The second kappa shape index (κ2) is 7.13. The van der Waals surface area contributed by atoms with Gasteiger partial charge in [-0.05, 0) is 38.5 Å². The van der Waals surface area contributed by atoms with E-state index in [1.54, 1.807) is 0 Å². The van der Waals surface area contributed by atoms with E-state index < -0.39 is 0 Å². The highest BCUT2D eigenvalue weighted by Gasteiger charge is 2.24. The largest absolute Gasteiger partial charge is 0.381 e. The Balaban J connectivity index is 1.69. The monoisotopic (exact) mass is 250 g/mol. The average Bonchev–Trinajstić information content (AvgIpc) is 2.42. The maximum absolute atomic E-state index is 5.43. The summed E-state index contributed by atoms with van der Waals surface area (Å²) in [5, 5.41) is 3.82. The highest BCUT2D eigenvalue weighted by atomic mass is 16.5. The quantitative estimate of drug-likeness (QED) is 0.765. The van der Waals surface area contributed by atoms with Gasteiger partial charge in [0.1, 0.15) is 0 Å². The number of likely N-dealkylation sites (tertiary alicyclic amines) is 1. The Morgan fingerprint density at radius 3 is 2.56 bits per heavy atom. The summed E-state index contributed by atoms with van der Waals surface area (Å²) < 4.78 is 5.43. The molecule has 3 heteroatoms. The molecule has 1 N–H and O–H groups in total. The van der Waals surface area contributed by atoms with Gasteiger partial charge < -0.3 is 10.1 Å². The van der Waals surface area contributed by atoms with Crippen molar-refractivity contribution < 1.29 is 4.74 Å². The number of rotatable bonds is 4. The minimum Gasteiger partial charge on any atom is -0.381 e. The molecule has 102 valence electrons. The van der Waals surface area contributed by atoms with E-state index in [0.717, 1.165) is 38.8 Å². The van der Waals surface area contributed by atoms with Gasteiger partial charge in [-0.15, -0.1) is 6.42 Å². The first kappa shape index (κ1) is 13.9. The Bertz CT molecular complexity index is 273. The summed E-state index contributed by atoms with van der Waals surface area (Å²) in [5.74, 6) is 3.53. The molecule has 1 unspecified atom stereocenters. The van der Waals surface area contributed by atoms with Crippen molar-refractivity contribution in [3.8, 4) is 12.3 Å². The summed E-state index contributed by atoms with van der Waals surface area (Å²) in [5.41, 5.74) is 0. The standard InChI is InChI=1S/C15H26N2O/c1-3-8-17-9-4-15(5-10-17)16-13(2)14-6-11-18-12-7-14/h1,13-16H,4-12H2,2H3. The molecule has 0 amide bonds. The Kier molecular flexibility index (Phi) is 5.49. The van der Waals surface area contributed by atoms with Crippen LogP contribution in [-0.2, 0) is 4.74 Å². The van der Waals surface area contributed by atoms with Crippen LogP contribution < -0.4 is 5.32 Å². The molecule has 18 heavy (non-hydrogen) atoms. The molecule has 2 fully saturated rings. The Labute approximate surface area is 111 Å². The zero-order chi connectivity index (χ0) is 12.8. The fourth-order valence-electron chi connectivity index (χ4n) is 3.11. The third kappa shape index (κ3) is 3.98. The topological polar surface area (TPSA) is 24.5 Å². The van der Waals surface area contributed by atoms with E-state index in [-0.39, 0.29) is 0 Å². The second-order valence-electron chi connectivity index (χ2n) is 5.66. The molecule has 0 aliphatic carbocycles. The van der Waals surface area contributed by atoms with Crippen molar-refractivity contribution in [2.24, 2.45) is 5.92 Å². The van der Waals surface area contributed by atoms with Crippen LogP contribution in [0.2, 0.25) is 0 Å². The van der Waals surface area contributed by atoms with Gasteiger partial charge in [-0.1, -0.05) is 5.92 Å². The zero-order valence-electron chi connectivity index (χ0n) is 11.5. The van der Waals surface area contributed by atoms with Crippen LogP contribution in [0.3, 0.4) is 0 Å². The molecule has 0 spiro atoms. The summed E-state index contributed by atoms with van der Waals surface area (Å²) in [7, 11) is 0. The molecule has 2 aliphatic heterocycles. The van der Waals surface area contributed by atoms with Crippen LogP contribution in [0.4, 0.5) is 0 Å². The number of hydrogen-bond donors (Lipinski definition) is 1. The fraction of sp³-hybridized carbons (Fsp3) is 0.867. The first-order valence-electron chi connectivity index (χ1n) is 7.29. The molecule has 0 bridgehead atoms. The van der Waals surface area contributed by atoms with Gasteiger partial charge in [0.05, 0.1) is 6.54 Å². The predicted molar refractivity (Wildman–Crippen MR) is 74.4 cm³/mol. The van der Waals surface area contributed by atoms with Gasteiger partial charge >= 0.3 is 0 Å². The maximum Gasteiger partial charge on any atom is 0.0598 e. The Hall–Kier alpha value is -0.560. The summed E-state index contributed by atoms with van der Waals surface area (Å²) >= 11 is 0. The molecular weight excluding hydrogens is 224 g/mol. The summed E-state index contributed by atoms with van der Waals surface area (Å²) in [6, 6.07) is 1.30. The Morgan fingerprint density at radius 1 is 1.28 bits per heavy atom. The van der Waals surface area contributed by atoms with Crippen molar-refractivity contribution in [1.29, 1.82) is 0 Å². The van der Waals surface area contributed by atoms with Gasteiger partial charge in [0, 0.05) is 38.4 Å². The normalized spacial score (nSPS) is 25.8. The third-order valence-corrected chi connectivity index (χ3v) is 4.37. The van der Waals surface area contributed by atoms with Gasteiger partial charge in [0.25, 0.3) is 0 Å². The lowest BCUT2D eigenvalue weighted by Gasteiger charge is -2.36. The van der Waals surface area contributed by atoms with Crippen molar-refractivity contribution in [1.82, 2.24) is 10.2 Å². The van der Waals surface area contributed by atoms with Crippen LogP contribution in [0.25, 0.3) is 0 Å². The van der Waals surface area contributed by atoms with Crippen LogP contribution in [0, 0.1) is 18.3 Å². The number of piperidine rings is 1. The molecule has 0 saturated carbocycles. The molecule has 0 aromatic heterocycles. The number of hydrogen-bond acceptors (Lipinski definition) is 3. The van der Waals surface area contributed by atoms with E-state index in [1.807, 2.05) is 0 Å². The molecule has 2 heterocycles. The van der Waals surface area contributed by atoms with Crippen molar-refractivity contribution in [3.05, 3.63) is 0 Å². The molecule has 2 aliphatic rings. The Morgan fingerprint density at radius 2 is 1.94 bits per heavy atom. The first-order chi connectivity index (χ1) is 8.79. The fourth-order valence-corrected chi connectivity index (χ4v) is 3.11. The van der Waals surface area contributed by atoms with Crippen molar-refractivity contribution in [2.45, 2.75) is 44.7 Å². The summed E-state index contributed by atoms with van der Waals surface area (Å²) in [4.78, 5) is 2.37. The van der Waals surface area contributed by atoms with Crippen LogP contribution in [0.5, 0.6) is 0 Å². The van der Waals surface area contributed by atoms with E-state index in [0.29, 0.717) is 12.1 Å². The van der Waals surface area contributed by atoms with E-state index in [9.17, 15) is 0 Å². The smallest absolute Gasteiger partial charge is 0.0598 e. The molecule has 2 rings (SSSR count). The molecule has 1 atom stereocenters. The van der Waals surface area contributed by atoms with Gasteiger partial charge in [0.2, 0.25) is 0 Å². The molecular formula is C15H26N2O. The second-order valence-corrected chi connectivity index (χ2v) is 5.66. The molecule has 0 radical (unpaired) electrons. The van der Waals surface area contributed by atoms with Gasteiger partial charge in [-0.3, -0.25) is 4.90 Å². The number of terminal acetylenes is 1. The van der Waals surface area contributed by atoms with Gasteiger partial charge in [0.15, 0.2) is 0 Å². The van der Waals surface area contributed by atoms with E-state index in [2.05, 4.69) is 23.1 Å². The maximum atomic E-state index is 5.43. The lowest BCUT2D eigenvalue weighted by molar-refractivity contribution is 0.0527. The van der Waals surface area contributed by atoms with Gasteiger partial charge in [-0.2, -0.15) is 0 Å². The van der Waals surface area contributed by atoms with E-state index >= 15 is 0 Å². The first-order valence-corrected chi connectivity index (χ1v) is 7.29. The minimum absolute atomic E-state index is 0.623. The third-order valence-electron chi connectivity index (χ3n) is 4.37. The lowest BCUT2D eigenvalue weighted by Crippen LogP contribution is -2.48.